The summed E-state index contributed by atoms with van der Waals surface area (Å²) in [6, 6.07) is 14.1. The van der Waals surface area contributed by atoms with Gasteiger partial charge in [-0.3, -0.25) is 0 Å². The van der Waals surface area contributed by atoms with Gasteiger partial charge < -0.3 is 15.2 Å². The third kappa shape index (κ3) is 4.74. The van der Waals surface area contributed by atoms with Gasteiger partial charge in [-0.15, -0.1) is 0 Å². The highest BCUT2D eigenvalue weighted by Crippen LogP contribution is 2.24. The molecule has 22 heavy (non-hydrogen) atoms. The average Bonchev–Trinajstić information content (AvgIpc) is 2.56. The van der Waals surface area contributed by atoms with E-state index >= 15 is 0 Å². The molecule has 2 N–H and O–H groups in total. The van der Waals surface area contributed by atoms with Gasteiger partial charge in [-0.2, -0.15) is 0 Å². The molecular weight excluding hydrogens is 281 g/mol. The van der Waals surface area contributed by atoms with Crippen molar-refractivity contribution < 1.29 is 13.9 Å². The zero-order chi connectivity index (χ0) is 15.8. The Morgan fingerprint density at radius 2 is 1.86 bits per heavy atom. The number of rotatable bonds is 8. The maximum absolute atomic E-state index is 12.8. The van der Waals surface area contributed by atoms with E-state index in [0.29, 0.717) is 18.9 Å². The Labute approximate surface area is 130 Å². The largest absolute Gasteiger partial charge is 0.497 e. The van der Waals surface area contributed by atoms with Crippen LogP contribution in [0.2, 0.25) is 0 Å². The molecule has 0 fully saturated rings. The molecule has 2 aromatic rings. The van der Waals surface area contributed by atoms with E-state index in [2.05, 4.69) is 6.07 Å². The topological polar surface area (TPSA) is 44.5 Å². The molecule has 0 aliphatic heterocycles. The molecule has 1 atom stereocenters. The second-order valence-electron chi connectivity index (χ2n) is 5.15. The lowest BCUT2D eigenvalue weighted by Crippen LogP contribution is -2.13. The van der Waals surface area contributed by atoms with Crippen molar-refractivity contribution in [3.05, 3.63) is 59.9 Å². The summed E-state index contributed by atoms with van der Waals surface area (Å²) in [5.41, 5.74) is 7.07. The Balaban J connectivity index is 1.82. The molecule has 0 aliphatic rings. The van der Waals surface area contributed by atoms with Crippen LogP contribution in [0.3, 0.4) is 0 Å². The highest BCUT2D eigenvalue weighted by Gasteiger charge is 2.10. The first kappa shape index (κ1) is 16.3. The third-order valence-electron chi connectivity index (χ3n) is 3.63. The maximum atomic E-state index is 12.8. The van der Waals surface area contributed by atoms with E-state index < -0.39 is 0 Å². The number of hydrogen-bond acceptors (Lipinski definition) is 3. The summed E-state index contributed by atoms with van der Waals surface area (Å²) in [7, 11) is 1.66. The predicted molar refractivity (Wildman–Crippen MR) is 85.9 cm³/mol. The van der Waals surface area contributed by atoms with Crippen LogP contribution in [-0.2, 0) is 0 Å². The predicted octanol–water partition coefficient (Wildman–Crippen LogP) is 3.74. The van der Waals surface area contributed by atoms with Gasteiger partial charge in [-0.1, -0.05) is 12.1 Å². The normalized spacial score (nSPS) is 12.0. The lowest BCUT2D eigenvalue weighted by Gasteiger charge is -2.16. The minimum absolute atomic E-state index is 0.256. The Hall–Kier alpha value is -2.07. The summed E-state index contributed by atoms with van der Waals surface area (Å²) in [6.07, 6.45) is 1.82. The molecular formula is C18H22FNO2. The lowest BCUT2D eigenvalue weighted by atomic mass is 9.94. The molecule has 0 aliphatic carbocycles. The number of methoxy groups -OCH3 is 1. The third-order valence-corrected chi connectivity index (χ3v) is 3.63. The summed E-state index contributed by atoms with van der Waals surface area (Å²) in [4.78, 5) is 0. The van der Waals surface area contributed by atoms with E-state index in [-0.39, 0.29) is 11.7 Å². The Morgan fingerprint density at radius 3 is 2.55 bits per heavy atom. The van der Waals surface area contributed by atoms with E-state index in [1.165, 1.54) is 17.7 Å². The minimum atomic E-state index is -0.256. The molecule has 4 heteroatoms. The molecule has 0 spiro atoms. The van der Waals surface area contributed by atoms with Gasteiger partial charge in [-0.25, -0.2) is 4.39 Å². The van der Waals surface area contributed by atoms with Crippen molar-refractivity contribution >= 4 is 0 Å². The van der Waals surface area contributed by atoms with E-state index in [0.717, 1.165) is 18.6 Å². The molecule has 2 rings (SSSR count). The first-order valence-electron chi connectivity index (χ1n) is 7.45. The molecule has 0 amide bonds. The number of nitrogens with two attached hydrogens (primary N) is 1. The SMILES string of the molecule is COc1cccc(C(CN)CCCOc2ccc(F)cc2)c1. The highest BCUT2D eigenvalue weighted by molar-refractivity contribution is 5.31. The first-order valence-corrected chi connectivity index (χ1v) is 7.45. The smallest absolute Gasteiger partial charge is 0.123 e. The van der Waals surface area contributed by atoms with Gasteiger partial charge in [-0.05, 0) is 67.3 Å². The number of benzene rings is 2. The molecule has 118 valence electrons. The Bertz CT molecular complexity index is 572. The first-order chi connectivity index (χ1) is 10.7. The van der Waals surface area contributed by atoms with E-state index in [4.69, 9.17) is 15.2 Å². The molecule has 0 bridgehead atoms. The second kappa shape index (κ2) is 8.39. The fourth-order valence-electron chi connectivity index (χ4n) is 2.37. The molecule has 0 saturated heterocycles. The van der Waals surface area contributed by atoms with Gasteiger partial charge in [0.15, 0.2) is 0 Å². The van der Waals surface area contributed by atoms with Crippen LogP contribution in [0, 0.1) is 5.82 Å². The van der Waals surface area contributed by atoms with Crippen LogP contribution >= 0.6 is 0 Å². The molecule has 1 unspecified atom stereocenters. The van der Waals surface area contributed by atoms with Crippen molar-refractivity contribution in [1.29, 1.82) is 0 Å². The molecule has 2 aromatic carbocycles. The molecule has 0 heterocycles. The second-order valence-corrected chi connectivity index (χ2v) is 5.15. The van der Waals surface area contributed by atoms with Gasteiger partial charge >= 0.3 is 0 Å². The standard InChI is InChI=1S/C18H22FNO2/c1-21-18-6-2-4-14(12-18)15(13-20)5-3-11-22-17-9-7-16(19)8-10-17/h2,4,6-10,12,15H,3,5,11,13,20H2,1H3. The van der Waals surface area contributed by atoms with Crippen molar-refractivity contribution in [3.8, 4) is 11.5 Å². The van der Waals surface area contributed by atoms with Gasteiger partial charge in [0.05, 0.1) is 13.7 Å². The highest BCUT2D eigenvalue weighted by atomic mass is 19.1. The zero-order valence-corrected chi connectivity index (χ0v) is 12.8. The average molecular weight is 303 g/mol. The lowest BCUT2D eigenvalue weighted by molar-refractivity contribution is 0.301. The molecule has 3 nitrogen and oxygen atoms in total. The van der Waals surface area contributed by atoms with Crippen molar-refractivity contribution in [2.45, 2.75) is 18.8 Å². The van der Waals surface area contributed by atoms with Gasteiger partial charge in [0.1, 0.15) is 17.3 Å². The Morgan fingerprint density at radius 1 is 1.09 bits per heavy atom. The quantitative estimate of drug-likeness (QED) is 0.756. The van der Waals surface area contributed by atoms with Gasteiger partial charge in [0.2, 0.25) is 0 Å². The van der Waals surface area contributed by atoms with Crippen LogP contribution in [0.25, 0.3) is 0 Å². The maximum Gasteiger partial charge on any atom is 0.123 e. The van der Waals surface area contributed by atoms with Crippen molar-refractivity contribution in [2.24, 2.45) is 5.73 Å². The summed E-state index contributed by atoms with van der Waals surface area (Å²) < 4.78 is 23.6. The van der Waals surface area contributed by atoms with Gasteiger partial charge in [0, 0.05) is 0 Å². The van der Waals surface area contributed by atoms with Gasteiger partial charge in [0.25, 0.3) is 0 Å². The van der Waals surface area contributed by atoms with Crippen LogP contribution in [0.5, 0.6) is 11.5 Å². The molecule has 0 aromatic heterocycles. The zero-order valence-electron chi connectivity index (χ0n) is 12.8. The monoisotopic (exact) mass is 303 g/mol. The van der Waals surface area contributed by atoms with Crippen LogP contribution in [0.4, 0.5) is 4.39 Å². The summed E-state index contributed by atoms with van der Waals surface area (Å²) in [5, 5.41) is 0. The summed E-state index contributed by atoms with van der Waals surface area (Å²) in [5.74, 6) is 1.56. The van der Waals surface area contributed by atoms with Crippen molar-refractivity contribution in [2.75, 3.05) is 20.3 Å². The van der Waals surface area contributed by atoms with E-state index in [1.54, 1.807) is 19.2 Å². The van der Waals surface area contributed by atoms with Crippen LogP contribution < -0.4 is 15.2 Å². The van der Waals surface area contributed by atoms with Crippen LogP contribution in [-0.4, -0.2) is 20.3 Å². The molecule has 0 radical (unpaired) electrons. The number of hydrogen-bond donors (Lipinski definition) is 1. The van der Waals surface area contributed by atoms with E-state index in [9.17, 15) is 4.39 Å². The van der Waals surface area contributed by atoms with E-state index in [1.807, 2.05) is 18.2 Å². The number of halogens is 1. The fourth-order valence-corrected chi connectivity index (χ4v) is 2.37. The summed E-state index contributed by atoms with van der Waals surface area (Å²) in [6.45, 7) is 1.18. The van der Waals surface area contributed by atoms with Crippen molar-refractivity contribution in [3.63, 3.8) is 0 Å². The van der Waals surface area contributed by atoms with Crippen LogP contribution in [0.15, 0.2) is 48.5 Å². The van der Waals surface area contributed by atoms with Crippen LogP contribution in [0.1, 0.15) is 24.3 Å². The van der Waals surface area contributed by atoms with Crippen molar-refractivity contribution in [1.82, 2.24) is 0 Å². The molecule has 0 saturated carbocycles. The Kier molecular flexibility index (Phi) is 6.22. The number of ether oxygens (including phenoxy) is 2. The summed E-state index contributed by atoms with van der Waals surface area (Å²) >= 11 is 0. The fraction of sp³-hybridized carbons (Fsp3) is 0.333. The minimum Gasteiger partial charge on any atom is -0.497 e.